The van der Waals surface area contributed by atoms with E-state index in [0.717, 1.165) is 10.5 Å². The molecule has 1 nitrogen and oxygen atoms in total. The van der Waals surface area contributed by atoms with Gasteiger partial charge in [0.05, 0.1) is 4.47 Å². The third-order valence-electron chi connectivity index (χ3n) is 2.39. The largest absolute Gasteiger partial charge is 0.398 e. The number of thioether (sulfide) groups is 1. The molecule has 0 aromatic heterocycles. The van der Waals surface area contributed by atoms with Crippen molar-refractivity contribution < 1.29 is 4.39 Å². The van der Waals surface area contributed by atoms with Gasteiger partial charge in [-0.3, -0.25) is 0 Å². The Bertz CT molecular complexity index is 577. The van der Waals surface area contributed by atoms with E-state index in [2.05, 4.69) is 15.9 Å². The normalized spacial score (nSPS) is 10.6. The Morgan fingerprint density at radius 2 is 2.06 bits per heavy atom. The van der Waals surface area contributed by atoms with Crippen LogP contribution in [0.5, 0.6) is 0 Å². The van der Waals surface area contributed by atoms with Crippen LogP contribution in [0.1, 0.15) is 5.56 Å². The average Bonchev–Trinajstić information content (AvgIpc) is 2.33. The van der Waals surface area contributed by atoms with Crippen LogP contribution in [0.15, 0.2) is 45.8 Å². The first kappa shape index (κ1) is 13.7. The highest BCUT2D eigenvalue weighted by molar-refractivity contribution is 9.10. The van der Waals surface area contributed by atoms with Crippen molar-refractivity contribution in [3.63, 3.8) is 0 Å². The molecule has 2 aromatic carbocycles. The lowest BCUT2D eigenvalue weighted by atomic mass is 10.2. The van der Waals surface area contributed by atoms with Gasteiger partial charge in [0, 0.05) is 21.4 Å². The molecule has 0 radical (unpaired) electrons. The number of halogens is 3. The highest BCUT2D eigenvalue weighted by atomic mass is 79.9. The summed E-state index contributed by atoms with van der Waals surface area (Å²) in [6, 6.07) is 10.4. The molecule has 94 valence electrons. The quantitative estimate of drug-likeness (QED) is 0.617. The van der Waals surface area contributed by atoms with E-state index in [1.165, 1.54) is 6.07 Å². The van der Waals surface area contributed by atoms with E-state index in [1.807, 2.05) is 12.1 Å². The Hall–Kier alpha value is -0.710. The molecule has 0 aliphatic carbocycles. The molecule has 5 heteroatoms. The number of hydrogen-bond donors (Lipinski definition) is 1. The lowest BCUT2D eigenvalue weighted by Gasteiger charge is -2.07. The fourth-order valence-corrected chi connectivity index (χ4v) is 3.18. The predicted octanol–water partition coefficient (Wildman–Crippen LogP) is 5.12. The smallest absolute Gasteiger partial charge is 0.137 e. The van der Waals surface area contributed by atoms with E-state index in [4.69, 9.17) is 17.3 Å². The zero-order valence-corrected chi connectivity index (χ0v) is 12.4. The van der Waals surface area contributed by atoms with E-state index in [-0.39, 0.29) is 5.82 Å². The maximum atomic E-state index is 13.3. The van der Waals surface area contributed by atoms with Crippen molar-refractivity contribution in [1.29, 1.82) is 0 Å². The molecule has 2 rings (SSSR count). The van der Waals surface area contributed by atoms with Gasteiger partial charge in [-0.05, 0) is 45.8 Å². The molecule has 2 aromatic rings. The van der Waals surface area contributed by atoms with Gasteiger partial charge >= 0.3 is 0 Å². The second kappa shape index (κ2) is 5.95. The molecule has 0 saturated carbocycles. The van der Waals surface area contributed by atoms with E-state index in [9.17, 15) is 4.39 Å². The SMILES string of the molecule is Nc1cc(Cl)ccc1SCc1cccc(F)c1Br. The maximum absolute atomic E-state index is 13.3. The summed E-state index contributed by atoms with van der Waals surface area (Å²) in [4.78, 5) is 0.940. The molecule has 0 fully saturated rings. The van der Waals surface area contributed by atoms with Crippen LogP contribution in [0, 0.1) is 5.82 Å². The van der Waals surface area contributed by atoms with Crippen LogP contribution in [0.2, 0.25) is 5.02 Å². The van der Waals surface area contributed by atoms with Crippen molar-refractivity contribution in [1.82, 2.24) is 0 Å². The Labute approximate surface area is 123 Å². The fourth-order valence-electron chi connectivity index (χ4n) is 1.47. The van der Waals surface area contributed by atoms with Crippen molar-refractivity contribution in [2.24, 2.45) is 0 Å². The molecule has 2 N–H and O–H groups in total. The Kier molecular flexibility index (Phi) is 4.54. The lowest BCUT2D eigenvalue weighted by molar-refractivity contribution is 0.619. The number of nitrogens with two attached hydrogens (primary N) is 1. The standard InChI is InChI=1S/C13H10BrClFNS/c14-13-8(2-1-3-10(13)16)7-18-12-5-4-9(15)6-11(12)17/h1-6H,7,17H2. The minimum atomic E-state index is -0.253. The second-order valence-corrected chi connectivity index (χ2v) is 5.93. The zero-order chi connectivity index (χ0) is 13.1. The molecule has 0 atom stereocenters. The number of anilines is 1. The Morgan fingerprint density at radius 1 is 1.28 bits per heavy atom. The Morgan fingerprint density at radius 3 is 2.78 bits per heavy atom. The molecule has 0 bridgehead atoms. The van der Waals surface area contributed by atoms with Crippen molar-refractivity contribution in [2.75, 3.05) is 5.73 Å². The van der Waals surface area contributed by atoms with E-state index in [1.54, 1.807) is 30.0 Å². The summed E-state index contributed by atoms with van der Waals surface area (Å²) >= 11 is 10.6. The van der Waals surface area contributed by atoms with Gasteiger partial charge in [-0.25, -0.2) is 4.39 Å². The first-order chi connectivity index (χ1) is 8.58. The highest BCUT2D eigenvalue weighted by Gasteiger charge is 2.07. The number of rotatable bonds is 3. The number of nitrogen functional groups attached to an aromatic ring is 1. The molecule has 0 aliphatic heterocycles. The third-order valence-corrected chi connectivity index (χ3v) is 4.65. The van der Waals surface area contributed by atoms with Crippen LogP contribution < -0.4 is 5.73 Å². The molecule has 0 saturated heterocycles. The summed E-state index contributed by atoms with van der Waals surface area (Å²) in [5, 5.41) is 0.615. The summed E-state index contributed by atoms with van der Waals surface area (Å²) in [5.41, 5.74) is 7.40. The van der Waals surface area contributed by atoms with Crippen LogP contribution in [0.3, 0.4) is 0 Å². The third kappa shape index (κ3) is 3.19. The topological polar surface area (TPSA) is 26.0 Å². The highest BCUT2D eigenvalue weighted by Crippen LogP contribution is 2.32. The molecule has 0 spiro atoms. The van der Waals surface area contributed by atoms with Gasteiger partial charge in [0.2, 0.25) is 0 Å². The lowest BCUT2D eigenvalue weighted by Crippen LogP contribution is -1.90. The second-order valence-electron chi connectivity index (χ2n) is 3.68. The van der Waals surface area contributed by atoms with Gasteiger partial charge in [-0.15, -0.1) is 11.8 Å². The van der Waals surface area contributed by atoms with Crippen molar-refractivity contribution in [3.05, 3.63) is 57.3 Å². The molecule has 0 amide bonds. The van der Waals surface area contributed by atoms with Crippen molar-refractivity contribution >= 4 is 45.0 Å². The van der Waals surface area contributed by atoms with E-state index in [0.29, 0.717) is 20.9 Å². The van der Waals surface area contributed by atoms with Crippen LogP contribution in [0.25, 0.3) is 0 Å². The summed E-state index contributed by atoms with van der Waals surface area (Å²) in [5.74, 6) is 0.390. The molecule has 18 heavy (non-hydrogen) atoms. The van der Waals surface area contributed by atoms with Gasteiger partial charge in [0.1, 0.15) is 5.82 Å². The summed E-state index contributed by atoms with van der Waals surface area (Å²) < 4.78 is 13.8. The van der Waals surface area contributed by atoms with Gasteiger partial charge in [-0.2, -0.15) is 0 Å². The van der Waals surface area contributed by atoms with Gasteiger partial charge < -0.3 is 5.73 Å². The van der Waals surface area contributed by atoms with Crippen LogP contribution in [0.4, 0.5) is 10.1 Å². The van der Waals surface area contributed by atoms with E-state index >= 15 is 0 Å². The zero-order valence-electron chi connectivity index (χ0n) is 9.29. The van der Waals surface area contributed by atoms with Crippen LogP contribution in [-0.2, 0) is 5.75 Å². The van der Waals surface area contributed by atoms with E-state index < -0.39 is 0 Å². The first-order valence-corrected chi connectivity index (χ1v) is 7.34. The molecule has 0 aliphatic rings. The predicted molar refractivity (Wildman–Crippen MR) is 79.5 cm³/mol. The minimum absolute atomic E-state index is 0.253. The van der Waals surface area contributed by atoms with Gasteiger partial charge in [0.15, 0.2) is 0 Å². The monoisotopic (exact) mass is 345 g/mol. The summed E-state index contributed by atoms with van der Waals surface area (Å²) in [6.45, 7) is 0. The summed E-state index contributed by atoms with van der Waals surface area (Å²) in [6.07, 6.45) is 0. The Balaban J connectivity index is 2.14. The molecule has 0 heterocycles. The van der Waals surface area contributed by atoms with Crippen molar-refractivity contribution in [3.8, 4) is 0 Å². The number of hydrogen-bond acceptors (Lipinski definition) is 2. The maximum Gasteiger partial charge on any atom is 0.137 e. The molecule has 0 unspecified atom stereocenters. The minimum Gasteiger partial charge on any atom is -0.398 e. The molecular formula is C13H10BrClFNS. The van der Waals surface area contributed by atoms with Crippen LogP contribution in [-0.4, -0.2) is 0 Å². The average molecular weight is 347 g/mol. The van der Waals surface area contributed by atoms with Gasteiger partial charge in [-0.1, -0.05) is 23.7 Å². The molecular weight excluding hydrogens is 337 g/mol. The van der Waals surface area contributed by atoms with Crippen LogP contribution >= 0.6 is 39.3 Å². The fraction of sp³-hybridized carbons (Fsp3) is 0.0769. The number of benzene rings is 2. The van der Waals surface area contributed by atoms with Crippen molar-refractivity contribution in [2.45, 2.75) is 10.6 Å². The summed E-state index contributed by atoms with van der Waals surface area (Å²) in [7, 11) is 0. The first-order valence-electron chi connectivity index (χ1n) is 5.18. The van der Waals surface area contributed by atoms with Gasteiger partial charge in [0.25, 0.3) is 0 Å².